The third-order valence-electron chi connectivity index (χ3n) is 5.48. The van der Waals surface area contributed by atoms with Gasteiger partial charge in [0, 0.05) is 25.5 Å². The van der Waals surface area contributed by atoms with Gasteiger partial charge in [0.25, 0.3) is 0 Å². The van der Waals surface area contributed by atoms with Gasteiger partial charge in [-0.05, 0) is 50.6 Å². The van der Waals surface area contributed by atoms with Crippen molar-refractivity contribution in [3.05, 3.63) is 48.0 Å². The standard InChI is InChI=1S/C22H32F2N6O.HI/c1-3-25-22(28-16-20-26-11-14-30(20)21(23)24)27-15-19(29-12-5-4-6-13-29)17-7-9-18(31-2)10-8-17;/h7-11,14,19,21H,3-6,12-13,15-16H2,1-2H3,(H2,25,27,28);1H. The zero-order chi connectivity index (χ0) is 22.1. The summed E-state index contributed by atoms with van der Waals surface area (Å²) in [6.07, 6.45) is 6.29. The van der Waals surface area contributed by atoms with Crippen molar-refractivity contribution in [1.82, 2.24) is 25.1 Å². The summed E-state index contributed by atoms with van der Waals surface area (Å²) < 4.78 is 32.3. The van der Waals surface area contributed by atoms with Gasteiger partial charge >= 0.3 is 6.55 Å². The molecule has 1 atom stereocenters. The topological polar surface area (TPSA) is 66.7 Å². The van der Waals surface area contributed by atoms with Crippen LogP contribution in [0, 0.1) is 0 Å². The fourth-order valence-electron chi connectivity index (χ4n) is 3.84. The fraction of sp³-hybridized carbons (Fsp3) is 0.545. The van der Waals surface area contributed by atoms with Crippen molar-refractivity contribution < 1.29 is 13.5 Å². The molecular weight excluding hydrogens is 529 g/mol. The molecule has 2 aromatic rings. The van der Waals surface area contributed by atoms with Crippen molar-refractivity contribution in [1.29, 1.82) is 0 Å². The van der Waals surface area contributed by atoms with Crippen LogP contribution in [0.5, 0.6) is 5.75 Å². The summed E-state index contributed by atoms with van der Waals surface area (Å²) in [7, 11) is 1.66. The van der Waals surface area contributed by atoms with Crippen molar-refractivity contribution in [2.75, 3.05) is 33.3 Å². The first-order chi connectivity index (χ1) is 15.1. The van der Waals surface area contributed by atoms with Gasteiger partial charge in [-0.15, -0.1) is 24.0 Å². The van der Waals surface area contributed by atoms with Crippen LogP contribution in [0.25, 0.3) is 0 Å². The lowest BCUT2D eigenvalue weighted by Crippen LogP contribution is -2.44. The molecule has 1 aromatic carbocycles. The molecule has 1 saturated heterocycles. The number of alkyl halides is 2. The Hall–Kier alpha value is -1.95. The van der Waals surface area contributed by atoms with Gasteiger partial charge < -0.3 is 15.4 Å². The molecule has 1 aromatic heterocycles. The highest BCUT2D eigenvalue weighted by Gasteiger charge is 2.22. The minimum absolute atomic E-state index is 0. The predicted octanol–water partition coefficient (Wildman–Crippen LogP) is 4.19. The van der Waals surface area contributed by atoms with E-state index in [1.54, 1.807) is 7.11 Å². The Balaban J connectivity index is 0.00000363. The Labute approximate surface area is 205 Å². The second-order valence-electron chi connectivity index (χ2n) is 7.49. The number of methoxy groups -OCH3 is 1. The largest absolute Gasteiger partial charge is 0.497 e. The number of hydrogen-bond acceptors (Lipinski definition) is 4. The maximum atomic E-state index is 13.1. The lowest BCUT2D eigenvalue weighted by Gasteiger charge is -2.35. The van der Waals surface area contributed by atoms with E-state index in [0.29, 0.717) is 19.0 Å². The molecule has 7 nitrogen and oxygen atoms in total. The highest BCUT2D eigenvalue weighted by atomic mass is 127. The van der Waals surface area contributed by atoms with E-state index in [1.165, 1.54) is 37.2 Å². The number of rotatable bonds is 9. The average molecular weight is 562 g/mol. The Morgan fingerprint density at radius 1 is 1.16 bits per heavy atom. The number of benzene rings is 1. The number of hydrogen-bond donors (Lipinski definition) is 2. The molecule has 1 aliphatic heterocycles. The second-order valence-corrected chi connectivity index (χ2v) is 7.49. The first kappa shape index (κ1) is 26.3. The number of guanidine groups is 1. The molecule has 0 amide bonds. The highest BCUT2D eigenvalue weighted by Crippen LogP contribution is 2.26. The van der Waals surface area contributed by atoms with E-state index in [2.05, 4.69) is 37.6 Å². The molecule has 32 heavy (non-hydrogen) atoms. The van der Waals surface area contributed by atoms with Crippen molar-refractivity contribution in [3.63, 3.8) is 0 Å². The Bertz CT molecular complexity index is 824. The van der Waals surface area contributed by atoms with Gasteiger partial charge in [0.1, 0.15) is 18.1 Å². The number of nitrogens with zero attached hydrogens (tertiary/aromatic N) is 4. The third-order valence-corrected chi connectivity index (χ3v) is 5.48. The van der Waals surface area contributed by atoms with E-state index in [9.17, 15) is 8.78 Å². The number of likely N-dealkylation sites (tertiary alicyclic amines) is 1. The van der Waals surface area contributed by atoms with Crippen molar-refractivity contribution in [2.45, 2.75) is 45.3 Å². The molecule has 0 spiro atoms. The number of imidazole rings is 1. The zero-order valence-electron chi connectivity index (χ0n) is 18.6. The van der Waals surface area contributed by atoms with Crippen LogP contribution in [-0.4, -0.2) is 53.7 Å². The van der Waals surface area contributed by atoms with E-state index >= 15 is 0 Å². The van der Waals surface area contributed by atoms with E-state index in [-0.39, 0.29) is 42.4 Å². The number of piperidine rings is 1. The lowest BCUT2D eigenvalue weighted by molar-refractivity contribution is 0.0671. The summed E-state index contributed by atoms with van der Waals surface area (Å²) in [6, 6.07) is 8.34. The van der Waals surface area contributed by atoms with Crippen molar-refractivity contribution in [2.24, 2.45) is 4.99 Å². The van der Waals surface area contributed by atoms with Gasteiger partial charge in [0.05, 0.1) is 13.2 Å². The Morgan fingerprint density at radius 2 is 1.88 bits per heavy atom. The quantitative estimate of drug-likeness (QED) is 0.273. The Kier molecular flexibility index (Phi) is 11.1. The predicted molar refractivity (Wildman–Crippen MR) is 133 cm³/mol. The molecule has 2 heterocycles. The Morgan fingerprint density at radius 3 is 2.50 bits per heavy atom. The van der Waals surface area contributed by atoms with Crippen molar-refractivity contribution in [3.8, 4) is 5.75 Å². The van der Waals surface area contributed by atoms with Gasteiger partial charge in [-0.1, -0.05) is 18.6 Å². The van der Waals surface area contributed by atoms with Crippen LogP contribution in [0.2, 0.25) is 0 Å². The molecule has 0 saturated carbocycles. The number of halogens is 3. The molecule has 1 aliphatic rings. The van der Waals surface area contributed by atoms with Gasteiger partial charge in [0.15, 0.2) is 5.96 Å². The maximum absolute atomic E-state index is 13.1. The van der Waals surface area contributed by atoms with Crippen LogP contribution >= 0.6 is 24.0 Å². The van der Waals surface area contributed by atoms with Gasteiger partial charge in [0.2, 0.25) is 0 Å². The normalized spacial score (nSPS) is 15.8. The van der Waals surface area contributed by atoms with Crippen LogP contribution in [0.4, 0.5) is 8.78 Å². The average Bonchev–Trinajstić information content (AvgIpc) is 3.28. The zero-order valence-corrected chi connectivity index (χ0v) is 21.0. The van der Waals surface area contributed by atoms with Crippen LogP contribution in [0.1, 0.15) is 50.2 Å². The maximum Gasteiger partial charge on any atom is 0.319 e. The molecule has 10 heteroatoms. The summed E-state index contributed by atoms with van der Waals surface area (Å²) in [5.41, 5.74) is 1.21. The third kappa shape index (κ3) is 7.29. The number of aromatic nitrogens is 2. The van der Waals surface area contributed by atoms with E-state index in [1.807, 2.05) is 19.1 Å². The van der Waals surface area contributed by atoms with Crippen LogP contribution in [-0.2, 0) is 6.54 Å². The van der Waals surface area contributed by atoms with E-state index in [0.717, 1.165) is 23.4 Å². The monoisotopic (exact) mass is 562 g/mol. The van der Waals surface area contributed by atoms with Crippen LogP contribution in [0.15, 0.2) is 41.7 Å². The summed E-state index contributed by atoms with van der Waals surface area (Å²) in [5.74, 6) is 1.65. The molecule has 1 fully saturated rings. The molecule has 0 bridgehead atoms. The van der Waals surface area contributed by atoms with Crippen molar-refractivity contribution >= 4 is 29.9 Å². The molecule has 178 valence electrons. The van der Waals surface area contributed by atoms with Gasteiger partial charge in [-0.2, -0.15) is 8.78 Å². The fourth-order valence-corrected chi connectivity index (χ4v) is 3.84. The second kappa shape index (κ2) is 13.6. The molecule has 3 rings (SSSR count). The molecule has 0 radical (unpaired) electrons. The summed E-state index contributed by atoms with van der Waals surface area (Å²) in [5, 5.41) is 6.60. The van der Waals surface area contributed by atoms with E-state index < -0.39 is 6.55 Å². The molecular formula is C22H33F2IN6O. The van der Waals surface area contributed by atoms with Gasteiger partial charge in [-0.25, -0.2) is 9.98 Å². The van der Waals surface area contributed by atoms with Gasteiger partial charge in [-0.3, -0.25) is 9.47 Å². The summed E-state index contributed by atoms with van der Waals surface area (Å²) >= 11 is 0. The summed E-state index contributed by atoms with van der Waals surface area (Å²) in [4.78, 5) is 11.0. The number of nitrogens with one attached hydrogen (secondary N) is 2. The van der Waals surface area contributed by atoms with Crippen LogP contribution in [0.3, 0.4) is 0 Å². The number of ether oxygens (including phenoxy) is 1. The van der Waals surface area contributed by atoms with Crippen LogP contribution < -0.4 is 15.4 Å². The summed E-state index contributed by atoms with van der Waals surface area (Å²) in [6.45, 7) is 2.86. The first-order valence-corrected chi connectivity index (χ1v) is 10.8. The smallest absolute Gasteiger partial charge is 0.319 e. The first-order valence-electron chi connectivity index (χ1n) is 10.8. The number of aliphatic imine (C=N–C) groups is 1. The van der Waals surface area contributed by atoms with E-state index in [4.69, 9.17) is 4.74 Å². The minimum Gasteiger partial charge on any atom is -0.497 e. The highest BCUT2D eigenvalue weighted by molar-refractivity contribution is 14.0. The molecule has 0 aliphatic carbocycles. The lowest BCUT2D eigenvalue weighted by atomic mass is 10.0. The molecule has 1 unspecified atom stereocenters. The molecule has 2 N–H and O–H groups in total. The minimum atomic E-state index is -2.62. The SMILES string of the molecule is CCNC(=NCc1nccn1C(F)F)NCC(c1ccc(OC)cc1)N1CCCCC1.I.